The number of Topliss-reactive ketones (excluding diaryl/α,β-unsaturated/α-hetero) is 1. The van der Waals surface area contributed by atoms with E-state index in [-0.39, 0.29) is 28.4 Å². The molecule has 0 spiro atoms. The maximum atomic E-state index is 14.3. The number of amides is 1. The zero-order valence-electron chi connectivity index (χ0n) is 26.9. The Labute approximate surface area is 286 Å². The molecule has 1 aromatic heterocycles. The van der Waals surface area contributed by atoms with Gasteiger partial charge >= 0.3 is 5.91 Å². The molecule has 1 amide bonds. The summed E-state index contributed by atoms with van der Waals surface area (Å²) in [4.78, 5) is 28.9. The van der Waals surface area contributed by atoms with Crippen LogP contribution in [0.15, 0.2) is 70.6 Å². The van der Waals surface area contributed by atoms with Gasteiger partial charge in [-0.25, -0.2) is 4.39 Å². The number of carbonyl (C=O) groups is 2. The molecule has 1 N–H and O–H groups in total. The van der Waals surface area contributed by atoms with Crippen LogP contribution in [0, 0.1) is 5.82 Å². The molecule has 12 heteroatoms. The summed E-state index contributed by atoms with van der Waals surface area (Å²) in [6, 6.07) is 15.9. The molecule has 250 valence electrons. The largest absolute Gasteiger partial charge is 0.507 e. The number of rotatable bonds is 13. The molecule has 6 rings (SSSR count). The van der Waals surface area contributed by atoms with Crippen molar-refractivity contribution in [2.75, 3.05) is 18.1 Å². The summed E-state index contributed by atoms with van der Waals surface area (Å²) in [7, 11) is 0. The number of fused-ring (bicyclic) bond motifs is 1. The molecule has 1 fully saturated rings. The van der Waals surface area contributed by atoms with Crippen LogP contribution in [0.5, 0.6) is 17.2 Å². The van der Waals surface area contributed by atoms with Crippen LogP contribution in [0.3, 0.4) is 0 Å². The Hall–Kier alpha value is -4.42. The second kappa shape index (κ2) is 14.8. The number of ketones is 1. The molecule has 48 heavy (non-hydrogen) atoms. The standard InChI is InChI=1S/C36H36FN3O6S2/c1-4-6-9-16-45-28-15-12-22(19-29(28)44-5-2)31-30(32(41)23-13-14-27-25(18-23)17-21(3)46-27)33(42)34(43)40(31)35-38-39-36(48-35)47-20-24-10-7-8-11-26(24)37/h7-8,10-15,18-19,21,31,41H,4-6,9,16-17,20H2,1-3H3. The normalized spacial score (nSPS) is 18.2. The average Bonchev–Trinajstić information content (AvgIpc) is 3.77. The molecule has 0 radical (unpaired) electrons. The first-order valence-electron chi connectivity index (χ1n) is 16.0. The number of hydrogen-bond acceptors (Lipinski definition) is 10. The van der Waals surface area contributed by atoms with Gasteiger partial charge in [-0.3, -0.25) is 14.5 Å². The fourth-order valence-electron chi connectivity index (χ4n) is 5.80. The van der Waals surface area contributed by atoms with Gasteiger partial charge in [0.25, 0.3) is 5.78 Å². The summed E-state index contributed by atoms with van der Waals surface area (Å²) in [5.41, 5.74) is 2.25. The van der Waals surface area contributed by atoms with Crippen LogP contribution in [0.25, 0.3) is 5.76 Å². The van der Waals surface area contributed by atoms with Crippen molar-refractivity contribution in [2.45, 2.75) is 68.7 Å². The van der Waals surface area contributed by atoms with Crippen molar-refractivity contribution >= 4 is 45.7 Å². The van der Waals surface area contributed by atoms with Gasteiger partial charge in [-0.15, -0.1) is 10.2 Å². The molecular weight excluding hydrogens is 654 g/mol. The topological polar surface area (TPSA) is 111 Å². The number of aliphatic hydroxyl groups excluding tert-OH is 1. The third-order valence-electron chi connectivity index (χ3n) is 8.11. The third kappa shape index (κ3) is 6.91. The number of hydrogen-bond donors (Lipinski definition) is 1. The zero-order valence-corrected chi connectivity index (χ0v) is 28.5. The predicted octanol–water partition coefficient (Wildman–Crippen LogP) is 7.89. The number of halogens is 1. The van der Waals surface area contributed by atoms with Crippen LogP contribution >= 0.6 is 23.1 Å². The van der Waals surface area contributed by atoms with Gasteiger partial charge in [-0.1, -0.05) is 67.1 Å². The van der Waals surface area contributed by atoms with Gasteiger partial charge in [0, 0.05) is 17.7 Å². The van der Waals surface area contributed by atoms with Crippen LogP contribution in [-0.4, -0.2) is 46.3 Å². The molecule has 2 aliphatic heterocycles. The van der Waals surface area contributed by atoms with Crippen molar-refractivity contribution in [3.8, 4) is 17.2 Å². The number of aromatic nitrogens is 2. The third-order valence-corrected chi connectivity index (χ3v) is 10.2. The van der Waals surface area contributed by atoms with Gasteiger partial charge in [0.15, 0.2) is 15.8 Å². The predicted molar refractivity (Wildman–Crippen MR) is 184 cm³/mol. The SMILES string of the molecule is CCCCCOc1ccc(C2C(=C(O)c3ccc4c(c3)CC(C)O4)C(=O)C(=O)N2c2nnc(SCc3ccccc3F)s2)cc1OCC. The highest BCUT2D eigenvalue weighted by Crippen LogP contribution is 2.46. The minimum absolute atomic E-state index is 0.00878. The second-order valence-electron chi connectivity index (χ2n) is 11.5. The minimum Gasteiger partial charge on any atom is -0.507 e. The molecule has 0 saturated carbocycles. The number of aliphatic hydroxyl groups is 1. The first-order chi connectivity index (χ1) is 23.3. The first-order valence-corrected chi connectivity index (χ1v) is 17.8. The summed E-state index contributed by atoms with van der Waals surface area (Å²) in [5, 5.41) is 20.4. The van der Waals surface area contributed by atoms with Gasteiger partial charge in [-0.05, 0) is 73.4 Å². The van der Waals surface area contributed by atoms with Gasteiger partial charge in [-0.2, -0.15) is 0 Å². The van der Waals surface area contributed by atoms with Gasteiger partial charge in [0.05, 0.1) is 24.8 Å². The number of ether oxygens (including phenoxy) is 3. The van der Waals surface area contributed by atoms with Crippen molar-refractivity contribution < 1.29 is 33.3 Å². The van der Waals surface area contributed by atoms with E-state index < -0.39 is 17.7 Å². The molecule has 0 bridgehead atoms. The molecule has 3 heterocycles. The number of unbranched alkanes of at least 4 members (excludes halogenated alkanes) is 2. The lowest BCUT2D eigenvalue weighted by Gasteiger charge is -2.23. The highest BCUT2D eigenvalue weighted by molar-refractivity contribution is 8.00. The Bertz CT molecular complexity index is 1860. The Morgan fingerprint density at radius 3 is 2.69 bits per heavy atom. The van der Waals surface area contributed by atoms with Gasteiger partial charge in [0.1, 0.15) is 23.4 Å². The van der Waals surface area contributed by atoms with Gasteiger partial charge < -0.3 is 19.3 Å². The van der Waals surface area contributed by atoms with E-state index >= 15 is 0 Å². The maximum Gasteiger partial charge on any atom is 0.301 e. The summed E-state index contributed by atoms with van der Waals surface area (Å²) in [6.45, 7) is 6.83. The second-order valence-corrected chi connectivity index (χ2v) is 13.7. The van der Waals surface area contributed by atoms with Crippen molar-refractivity contribution in [2.24, 2.45) is 0 Å². The quantitative estimate of drug-likeness (QED) is 0.0374. The number of anilines is 1. The summed E-state index contributed by atoms with van der Waals surface area (Å²) in [6.07, 6.45) is 3.63. The van der Waals surface area contributed by atoms with E-state index in [1.807, 2.05) is 13.8 Å². The Kier molecular flexibility index (Phi) is 10.3. The van der Waals surface area contributed by atoms with E-state index in [2.05, 4.69) is 17.1 Å². The van der Waals surface area contributed by atoms with Crippen LogP contribution in [0.2, 0.25) is 0 Å². The maximum absolute atomic E-state index is 14.3. The Morgan fingerprint density at radius 2 is 1.90 bits per heavy atom. The summed E-state index contributed by atoms with van der Waals surface area (Å²) < 4.78 is 32.6. The molecule has 4 aromatic rings. The van der Waals surface area contributed by atoms with Gasteiger partial charge in [0.2, 0.25) is 5.13 Å². The van der Waals surface area contributed by atoms with Crippen molar-refractivity contribution in [1.82, 2.24) is 10.2 Å². The average molecular weight is 690 g/mol. The zero-order chi connectivity index (χ0) is 33.8. The lowest BCUT2D eigenvalue weighted by Crippen LogP contribution is -2.29. The van der Waals surface area contributed by atoms with Crippen LogP contribution < -0.4 is 19.1 Å². The highest BCUT2D eigenvalue weighted by atomic mass is 32.2. The number of thioether (sulfide) groups is 1. The van der Waals surface area contributed by atoms with Crippen molar-refractivity contribution in [1.29, 1.82) is 0 Å². The van der Waals surface area contributed by atoms with E-state index in [1.54, 1.807) is 54.6 Å². The number of carbonyl (C=O) groups excluding carboxylic acids is 2. The van der Waals surface area contributed by atoms with E-state index in [9.17, 15) is 19.1 Å². The lowest BCUT2D eigenvalue weighted by atomic mass is 9.94. The molecule has 1 saturated heterocycles. The minimum atomic E-state index is -1.04. The molecule has 2 unspecified atom stereocenters. The van der Waals surface area contributed by atoms with Crippen molar-refractivity contribution in [3.63, 3.8) is 0 Å². The van der Waals surface area contributed by atoms with Crippen LogP contribution in [0.1, 0.15) is 68.3 Å². The number of nitrogens with zero attached hydrogens (tertiary/aromatic N) is 3. The Balaban J connectivity index is 1.40. The monoisotopic (exact) mass is 689 g/mol. The Morgan fingerprint density at radius 1 is 1.06 bits per heavy atom. The molecule has 2 aliphatic rings. The summed E-state index contributed by atoms with van der Waals surface area (Å²) >= 11 is 2.39. The van der Waals surface area contributed by atoms with E-state index in [1.165, 1.54) is 22.7 Å². The molecule has 3 aromatic carbocycles. The van der Waals surface area contributed by atoms with E-state index in [4.69, 9.17) is 14.2 Å². The van der Waals surface area contributed by atoms with Crippen LogP contribution in [0.4, 0.5) is 9.52 Å². The molecule has 2 atom stereocenters. The lowest BCUT2D eigenvalue weighted by molar-refractivity contribution is -0.132. The molecular formula is C36H36FN3O6S2. The fraction of sp³-hybridized carbons (Fsp3) is 0.333. The molecule has 9 nitrogen and oxygen atoms in total. The molecule has 0 aliphatic carbocycles. The number of benzene rings is 3. The smallest absolute Gasteiger partial charge is 0.301 e. The summed E-state index contributed by atoms with van der Waals surface area (Å²) in [5.74, 6) is -0.294. The van der Waals surface area contributed by atoms with E-state index in [0.29, 0.717) is 57.9 Å². The highest BCUT2D eigenvalue weighted by Gasteiger charge is 2.48. The fourth-order valence-corrected chi connectivity index (χ4v) is 7.65. The van der Waals surface area contributed by atoms with Crippen LogP contribution in [-0.2, 0) is 21.8 Å². The van der Waals surface area contributed by atoms with Crippen molar-refractivity contribution in [3.05, 3.63) is 94.3 Å². The van der Waals surface area contributed by atoms with E-state index in [0.717, 1.165) is 41.9 Å². The first kappa shape index (κ1) is 33.5.